The van der Waals surface area contributed by atoms with Gasteiger partial charge in [0.15, 0.2) is 0 Å². The van der Waals surface area contributed by atoms with Crippen molar-refractivity contribution in [3.8, 4) is 0 Å². The molecule has 1 unspecified atom stereocenters. The summed E-state index contributed by atoms with van der Waals surface area (Å²) in [5.41, 5.74) is 5.99. The summed E-state index contributed by atoms with van der Waals surface area (Å²) in [4.78, 5) is 32.4. The lowest BCUT2D eigenvalue weighted by Crippen LogP contribution is -2.52. The summed E-state index contributed by atoms with van der Waals surface area (Å²) in [5.74, 6) is -1.97. The molecule has 156 valence electrons. The van der Waals surface area contributed by atoms with Crippen LogP contribution in [0.5, 0.6) is 0 Å². The second-order valence-electron chi connectivity index (χ2n) is 7.90. The van der Waals surface area contributed by atoms with E-state index in [2.05, 4.69) is 0 Å². The Morgan fingerprint density at radius 3 is 2.00 bits per heavy atom. The minimum absolute atomic E-state index is 0.199. The largest absolute Gasteiger partial charge is 0.368 e. The van der Waals surface area contributed by atoms with Crippen LogP contribution in [0.4, 0.5) is 8.78 Å². The van der Waals surface area contributed by atoms with E-state index >= 15 is 0 Å². The van der Waals surface area contributed by atoms with E-state index in [0.717, 1.165) is 25.7 Å². The first-order chi connectivity index (χ1) is 14.4. The molecule has 5 nitrogen and oxygen atoms in total. The first-order valence-corrected chi connectivity index (χ1v) is 10.2. The van der Waals surface area contributed by atoms with Crippen molar-refractivity contribution in [2.45, 2.75) is 50.2 Å². The molecule has 1 aliphatic carbocycles. The van der Waals surface area contributed by atoms with Crippen molar-refractivity contribution in [2.75, 3.05) is 0 Å². The molecule has 0 bridgehead atoms. The van der Waals surface area contributed by atoms with Gasteiger partial charge in [0.1, 0.15) is 29.1 Å². The SMILES string of the molecule is NC(=O)C(c1ccc(F)cc1)N1C(=O)C(c2ccc(F)cc2)=NC12CCCCCC2. The number of halogens is 2. The highest BCUT2D eigenvalue weighted by atomic mass is 19.1. The number of carbonyl (C=O) groups is 2. The lowest BCUT2D eigenvalue weighted by molar-refractivity contribution is -0.140. The number of nitrogens with zero attached hydrogens (tertiary/aromatic N) is 2. The van der Waals surface area contributed by atoms with Gasteiger partial charge in [-0.2, -0.15) is 0 Å². The van der Waals surface area contributed by atoms with E-state index in [0.29, 0.717) is 24.0 Å². The molecule has 2 aromatic carbocycles. The summed E-state index contributed by atoms with van der Waals surface area (Å²) >= 11 is 0. The number of rotatable bonds is 4. The molecule has 2 amide bonds. The fourth-order valence-corrected chi connectivity index (χ4v) is 4.50. The van der Waals surface area contributed by atoms with Gasteiger partial charge >= 0.3 is 0 Å². The molecule has 1 spiro atoms. The van der Waals surface area contributed by atoms with Crippen molar-refractivity contribution < 1.29 is 18.4 Å². The topological polar surface area (TPSA) is 75.8 Å². The van der Waals surface area contributed by atoms with E-state index in [1.807, 2.05) is 0 Å². The molecular weight excluding hydrogens is 388 g/mol. The van der Waals surface area contributed by atoms with Gasteiger partial charge in [0.05, 0.1) is 0 Å². The first kappa shape index (κ1) is 20.2. The van der Waals surface area contributed by atoms with Crippen LogP contribution in [0.25, 0.3) is 0 Å². The molecule has 1 heterocycles. The molecule has 1 fully saturated rings. The molecule has 0 radical (unpaired) electrons. The highest BCUT2D eigenvalue weighted by Gasteiger charge is 2.51. The zero-order chi connectivity index (χ0) is 21.3. The summed E-state index contributed by atoms with van der Waals surface area (Å²) in [7, 11) is 0. The van der Waals surface area contributed by atoms with Gasteiger partial charge in [0.25, 0.3) is 5.91 Å². The predicted octanol–water partition coefficient (Wildman–Crippen LogP) is 3.87. The van der Waals surface area contributed by atoms with Crippen molar-refractivity contribution in [3.05, 3.63) is 71.3 Å². The van der Waals surface area contributed by atoms with Crippen LogP contribution >= 0.6 is 0 Å². The van der Waals surface area contributed by atoms with Gasteiger partial charge < -0.3 is 5.73 Å². The van der Waals surface area contributed by atoms with Gasteiger partial charge in [-0.15, -0.1) is 0 Å². The maximum atomic E-state index is 13.6. The number of aliphatic imine (C=N–C) groups is 1. The predicted molar refractivity (Wildman–Crippen MR) is 109 cm³/mol. The quantitative estimate of drug-likeness (QED) is 0.829. The van der Waals surface area contributed by atoms with Crippen molar-refractivity contribution in [1.82, 2.24) is 4.90 Å². The van der Waals surface area contributed by atoms with E-state index in [9.17, 15) is 18.4 Å². The normalized spacial score (nSPS) is 19.5. The summed E-state index contributed by atoms with van der Waals surface area (Å²) in [5, 5.41) is 0. The second-order valence-corrected chi connectivity index (χ2v) is 7.90. The van der Waals surface area contributed by atoms with Gasteiger partial charge in [-0.05, 0) is 67.6 Å². The highest BCUT2D eigenvalue weighted by Crippen LogP contribution is 2.43. The first-order valence-electron chi connectivity index (χ1n) is 10.2. The Morgan fingerprint density at radius 1 is 0.933 bits per heavy atom. The Kier molecular flexibility index (Phi) is 5.37. The number of benzene rings is 2. The fourth-order valence-electron chi connectivity index (χ4n) is 4.50. The molecule has 1 saturated carbocycles. The van der Waals surface area contributed by atoms with Crippen LogP contribution in [0.15, 0.2) is 53.5 Å². The molecule has 7 heteroatoms. The summed E-state index contributed by atoms with van der Waals surface area (Å²) in [6.07, 6.45) is 4.96. The van der Waals surface area contributed by atoms with E-state index < -0.39 is 35.2 Å². The third-order valence-corrected chi connectivity index (χ3v) is 5.93. The van der Waals surface area contributed by atoms with Crippen LogP contribution in [-0.4, -0.2) is 28.1 Å². The van der Waals surface area contributed by atoms with Crippen LogP contribution in [-0.2, 0) is 9.59 Å². The Hall–Kier alpha value is -3.09. The van der Waals surface area contributed by atoms with E-state index in [-0.39, 0.29) is 5.71 Å². The Bertz CT molecular complexity index is 979. The van der Waals surface area contributed by atoms with Crippen LogP contribution in [0.1, 0.15) is 55.7 Å². The van der Waals surface area contributed by atoms with Crippen molar-refractivity contribution >= 4 is 17.5 Å². The molecule has 0 aromatic heterocycles. The molecule has 1 aliphatic heterocycles. The van der Waals surface area contributed by atoms with Crippen LogP contribution in [0, 0.1) is 11.6 Å². The molecule has 4 rings (SSSR count). The average molecular weight is 411 g/mol. The minimum atomic E-state index is -1.07. The van der Waals surface area contributed by atoms with Gasteiger partial charge in [-0.3, -0.25) is 19.5 Å². The van der Waals surface area contributed by atoms with E-state index in [1.54, 1.807) is 0 Å². The Labute approximate surface area is 173 Å². The van der Waals surface area contributed by atoms with Crippen LogP contribution in [0.2, 0.25) is 0 Å². The van der Waals surface area contributed by atoms with E-state index in [4.69, 9.17) is 10.7 Å². The maximum Gasteiger partial charge on any atom is 0.275 e. The number of primary amides is 1. The van der Waals surface area contributed by atoms with E-state index in [1.165, 1.54) is 53.4 Å². The van der Waals surface area contributed by atoms with Gasteiger partial charge in [-0.25, -0.2) is 8.78 Å². The zero-order valence-electron chi connectivity index (χ0n) is 16.5. The summed E-state index contributed by atoms with van der Waals surface area (Å²) in [6, 6.07) is 9.93. The van der Waals surface area contributed by atoms with Gasteiger partial charge in [-0.1, -0.05) is 25.0 Å². The zero-order valence-corrected chi connectivity index (χ0v) is 16.5. The Morgan fingerprint density at radius 2 is 1.47 bits per heavy atom. The molecule has 2 N–H and O–H groups in total. The smallest absolute Gasteiger partial charge is 0.275 e. The lowest BCUT2D eigenvalue weighted by Gasteiger charge is -2.40. The number of carbonyl (C=O) groups excluding carboxylic acids is 2. The second kappa shape index (κ2) is 7.97. The standard InChI is InChI=1S/C23H23F2N3O2/c24-17-9-5-15(6-10-17)19-22(30)28(23(27-19)13-3-1-2-4-14-23)20(21(26)29)16-7-11-18(25)12-8-16/h5-12,20H,1-4,13-14H2,(H2,26,29). The monoisotopic (exact) mass is 411 g/mol. The summed E-state index contributed by atoms with van der Waals surface area (Å²) in [6.45, 7) is 0. The van der Waals surface area contributed by atoms with Crippen molar-refractivity contribution in [3.63, 3.8) is 0 Å². The van der Waals surface area contributed by atoms with Crippen LogP contribution < -0.4 is 5.73 Å². The molecular formula is C23H23F2N3O2. The third kappa shape index (κ3) is 3.60. The average Bonchev–Trinajstić information content (AvgIpc) is 2.86. The highest BCUT2D eigenvalue weighted by molar-refractivity contribution is 6.47. The number of hydrogen-bond acceptors (Lipinski definition) is 3. The number of amides is 2. The maximum absolute atomic E-state index is 13.6. The lowest BCUT2D eigenvalue weighted by atomic mass is 9.94. The number of hydrogen-bond donors (Lipinski definition) is 1. The minimum Gasteiger partial charge on any atom is -0.368 e. The molecule has 1 atom stereocenters. The number of nitrogens with two attached hydrogens (primary N) is 1. The van der Waals surface area contributed by atoms with Crippen LogP contribution in [0.3, 0.4) is 0 Å². The Balaban J connectivity index is 1.83. The molecule has 0 saturated heterocycles. The fraction of sp³-hybridized carbons (Fsp3) is 0.348. The van der Waals surface area contributed by atoms with Gasteiger partial charge in [0, 0.05) is 5.56 Å². The van der Waals surface area contributed by atoms with Gasteiger partial charge in [0.2, 0.25) is 5.91 Å². The molecule has 2 aliphatic rings. The molecule has 2 aromatic rings. The van der Waals surface area contributed by atoms with Crippen molar-refractivity contribution in [2.24, 2.45) is 10.7 Å². The third-order valence-electron chi connectivity index (χ3n) is 5.93. The van der Waals surface area contributed by atoms with Crippen molar-refractivity contribution in [1.29, 1.82) is 0 Å². The summed E-state index contributed by atoms with van der Waals surface area (Å²) < 4.78 is 26.9. The molecule has 30 heavy (non-hydrogen) atoms.